The molecule has 7 aromatic heterocycles. The van der Waals surface area contributed by atoms with Crippen molar-refractivity contribution in [2.45, 2.75) is 107 Å². The van der Waals surface area contributed by atoms with Gasteiger partial charge in [0.15, 0.2) is 0 Å². The maximum atomic E-state index is 13.4. The standard InChI is InChI=1S/C29H27N2.C21H19N2.C21H20N.C20H17FN.C13H11FN.5Ir/c1-19(2)22-11-9-12-23(20(3)4)29(22)31-27-14-6-5-10-24(27)25-18-21(15-16-28(25)31)26-13-7-8-17-30-26;1-15(2)14-23-20-9-4-3-7-17(20)18-13-16(10-11-21(18)23)19-8-5-6-12-22-19;1-16(2)13-17-7-5-8-18(14-17)19-9-6-10-20(15-19)21-11-3-4-12-22-21;21-13-4-5-16-9-11-17(12-10-16)18-6-3-7-19(15-18)20-8-1-2-14-22-20;1-9-7-11(8-10(2)13(9)14)12-5-3-4-6-15-12;;;;;/h5-14,16-20H,1-4H3;3-9,11-13,15H,14H2,1-2H3;3-9,11-12,14-16H,13H2,1-2H3;1-3,6,8-12,14-15H,4-5,13H2;3-7H,1-2H3;;;;;/q5*-1;;;;;. The van der Waals surface area contributed by atoms with Crippen LogP contribution in [0.25, 0.3) is 128 Å². The first-order valence-corrected chi connectivity index (χ1v) is 39.1. The number of hydrogen-bond acceptors (Lipinski definition) is 5. The van der Waals surface area contributed by atoms with E-state index in [1.807, 2.05) is 128 Å². The molecule has 0 aliphatic carbocycles. The van der Waals surface area contributed by atoms with Crippen LogP contribution in [0.5, 0.6) is 0 Å². The smallest absolute Gasteiger partial charge is 0.0897 e. The quantitative estimate of drug-likeness (QED) is 0.0849. The number of halogens is 2. The van der Waals surface area contributed by atoms with E-state index in [2.05, 4.69) is 278 Å². The number of alkyl halides is 1. The summed E-state index contributed by atoms with van der Waals surface area (Å²) in [5.74, 6) is 1.95. The van der Waals surface area contributed by atoms with Crippen molar-refractivity contribution in [1.29, 1.82) is 0 Å². The Balaban J connectivity index is 0.000000185. The molecule has 17 rings (SSSR count). The van der Waals surface area contributed by atoms with Gasteiger partial charge in [0, 0.05) is 161 Å². The first-order valence-electron chi connectivity index (χ1n) is 39.1. The van der Waals surface area contributed by atoms with Gasteiger partial charge >= 0.3 is 0 Å². The predicted molar refractivity (Wildman–Crippen MR) is 466 cm³/mol. The van der Waals surface area contributed by atoms with E-state index in [1.165, 1.54) is 82.7 Å². The maximum Gasteiger partial charge on any atom is 0.0897 e. The summed E-state index contributed by atoms with van der Waals surface area (Å²) in [7, 11) is 0. The van der Waals surface area contributed by atoms with Crippen LogP contribution in [0.2, 0.25) is 0 Å². The van der Waals surface area contributed by atoms with Crippen LogP contribution in [0.1, 0.15) is 107 Å². The third-order valence-electron chi connectivity index (χ3n) is 19.9. The van der Waals surface area contributed by atoms with E-state index in [-0.39, 0.29) is 113 Å². The van der Waals surface area contributed by atoms with E-state index >= 15 is 0 Å². The first-order chi connectivity index (χ1) is 55.1. The van der Waals surface area contributed by atoms with Crippen LogP contribution >= 0.6 is 0 Å². The molecule has 0 unspecified atom stereocenters. The molecule has 7 nitrogen and oxygen atoms in total. The van der Waals surface area contributed by atoms with E-state index < -0.39 is 0 Å². The molecule has 118 heavy (non-hydrogen) atoms. The van der Waals surface area contributed by atoms with Crippen molar-refractivity contribution in [3.8, 4) is 84.2 Å². The molecule has 0 spiro atoms. The third-order valence-corrected chi connectivity index (χ3v) is 19.9. The third kappa shape index (κ3) is 23.6. The number of benzene rings is 10. The predicted octanol–water partition coefficient (Wildman–Crippen LogP) is 27.0. The molecule has 0 fully saturated rings. The molecule has 0 saturated carbocycles. The van der Waals surface area contributed by atoms with Gasteiger partial charge in [-0.25, -0.2) is 0 Å². The molecule has 0 aliphatic rings. The number of aryl methyl sites for hydroxylation is 3. The van der Waals surface area contributed by atoms with E-state index in [0.29, 0.717) is 41.2 Å². The number of hydrogen-bond donors (Lipinski definition) is 0. The number of fused-ring (bicyclic) bond motifs is 6. The summed E-state index contributed by atoms with van der Waals surface area (Å²) in [6.45, 7) is 22.4. The van der Waals surface area contributed by atoms with Crippen molar-refractivity contribution in [3.05, 3.63) is 374 Å². The van der Waals surface area contributed by atoms with Crippen molar-refractivity contribution in [1.82, 2.24) is 34.1 Å². The van der Waals surface area contributed by atoms with Gasteiger partial charge in [0.1, 0.15) is 0 Å². The molecule has 0 aliphatic heterocycles. The maximum absolute atomic E-state index is 13.4. The van der Waals surface area contributed by atoms with E-state index in [1.54, 1.807) is 32.3 Å². The Kier molecular flexibility index (Phi) is 36.5. The van der Waals surface area contributed by atoms with Gasteiger partial charge in [-0.05, 0) is 169 Å². The molecule has 0 atom stereocenters. The second-order valence-electron chi connectivity index (χ2n) is 29.9. The van der Waals surface area contributed by atoms with Gasteiger partial charge in [-0.15, -0.1) is 136 Å². The average Bonchev–Trinajstić information content (AvgIpc) is 1.58. The minimum absolute atomic E-state index is 0. The number of aromatic nitrogens is 7. The second-order valence-corrected chi connectivity index (χ2v) is 29.9. The Labute approximate surface area is 762 Å². The fourth-order valence-corrected chi connectivity index (χ4v) is 14.5. The Bertz CT molecular complexity index is 5930. The zero-order chi connectivity index (χ0) is 78.7. The zero-order valence-corrected chi connectivity index (χ0v) is 79.7. The molecule has 0 bridgehead atoms. The molecule has 17 aromatic rings. The molecule has 0 saturated heterocycles. The number of pyridine rings is 5. The molecule has 7 heterocycles. The van der Waals surface area contributed by atoms with Crippen LogP contribution in [0, 0.1) is 61.8 Å². The van der Waals surface area contributed by atoms with Crippen molar-refractivity contribution >= 4 is 43.6 Å². The van der Waals surface area contributed by atoms with Crippen LogP contribution in [0.4, 0.5) is 8.78 Å². The van der Waals surface area contributed by atoms with Crippen LogP contribution in [-0.4, -0.2) is 40.7 Å². The van der Waals surface area contributed by atoms with Crippen molar-refractivity contribution in [3.63, 3.8) is 0 Å². The molecule has 0 N–H and O–H groups in total. The van der Waals surface area contributed by atoms with Crippen molar-refractivity contribution in [2.24, 2.45) is 11.8 Å². The first kappa shape index (κ1) is 94.1. The Morgan fingerprint density at radius 1 is 0.364 bits per heavy atom. The van der Waals surface area contributed by atoms with Crippen LogP contribution < -0.4 is 0 Å². The molecule has 5 radical (unpaired) electrons. The van der Waals surface area contributed by atoms with Gasteiger partial charge < -0.3 is 34.1 Å². The molecule has 10 aromatic carbocycles. The second kappa shape index (κ2) is 45.7. The molecular weight excluding hydrogens is 2350 g/mol. The number of para-hydroxylation sites is 3. The SMILES string of the molecule is CC(C)Cc1cccc(-c2cc[c-]c(-c3ccccn3)c2)c1.CC(C)Cn1c2c[c-]c(-c3ccccn3)cc2c2ccccc21.CC(C)c1cccc(C(C)C)c1-n1c2c[c-]c(-c3ccccn3)cc2c2ccccc21.Cc1[c-]c(-c2ccccn2)cc(C)c1F.FCCCc1ccc(-c2cc[c-]c(-c3ccccn3)c2)cc1.[Ir].[Ir].[Ir].[Ir].[Ir]. The topological polar surface area (TPSA) is 74.3 Å². The Morgan fingerprint density at radius 2 is 0.797 bits per heavy atom. The Morgan fingerprint density at radius 3 is 1.26 bits per heavy atom. The normalized spacial score (nSPS) is 10.7. The van der Waals surface area contributed by atoms with Gasteiger partial charge in [0.2, 0.25) is 0 Å². The summed E-state index contributed by atoms with van der Waals surface area (Å²) in [5.41, 5.74) is 27.1. The van der Waals surface area contributed by atoms with Gasteiger partial charge in [-0.1, -0.05) is 255 Å². The summed E-state index contributed by atoms with van der Waals surface area (Å²) >= 11 is 0. The summed E-state index contributed by atoms with van der Waals surface area (Å²) in [5, 5.41) is 5.08. The van der Waals surface area contributed by atoms with E-state index in [0.717, 1.165) is 86.8 Å². The molecule has 14 heteroatoms. The van der Waals surface area contributed by atoms with Gasteiger partial charge in [-0.2, -0.15) is 0 Å². The van der Waals surface area contributed by atoms with Crippen LogP contribution in [0.15, 0.2) is 304 Å². The average molecular weight is 2440 g/mol. The zero-order valence-electron chi connectivity index (χ0n) is 67.8. The largest absolute Gasteiger partial charge is 0.380 e. The summed E-state index contributed by atoms with van der Waals surface area (Å²) in [4.78, 5) is 22.0. The van der Waals surface area contributed by atoms with Gasteiger partial charge in [0.25, 0.3) is 0 Å². The van der Waals surface area contributed by atoms with Gasteiger partial charge in [-0.3, -0.25) is 8.78 Å². The fraction of sp³-hybridized carbons (Fsp3) is 0.183. The minimum Gasteiger partial charge on any atom is -0.380 e. The van der Waals surface area contributed by atoms with Crippen LogP contribution in [0.3, 0.4) is 0 Å². The molecular formula is C104H94F2Ir5N7-5. The summed E-state index contributed by atoms with van der Waals surface area (Å²) < 4.78 is 30.5. The summed E-state index contributed by atoms with van der Waals surface area (Å²) in [6, 6.07) is 110. The van der Waals surface area contributed by atoms with E-state index in [4.69, 9.17) is 0 Å². The number of rotatable bonds is 17. The fourth-order valence-electron chi connectivity index (χ4n) is 14.5. The summed E-state index contributed by atoms with van der Waals surface area (Å²) in [6.07, 6.45) is 11.5. The van der Waals surface area contributed by atoms with Crippen molar-refractivity contribution in [2.75, 3.05) is 6.67 Å². The molecule has 0 amide bonds. The van der Waals surface area contributed by atoms with E-state index in [9.17, 15) is 8.78 Å². The van der Waals surface area contributed by atoms with Crippen LogP contribution in [-0.2, 0) is 120 Å². The number of nitrogens with zero attached hydrogens (tertiary/aromatic N) is 7. The molecule has 609 valence electrons. The monoisotopic (exact) mass is 2440 g/mol. The van der Waals surface area contributed by atoms with Gasteiger partial charge in [0.05, 0.1) is 6.67 Å². The Hall–Kier alpha value is -9.34. The minimum atomic E-state index is -0.260. The van der Waals surface area contributed by atoms with Crippen molar-refractivity contribution < 1.29 is 109 Å².